The van der Waals surface area contributed by atoms with Crippen molar-refractivity contribution in [1.82, 2.24) is 4.90 Å². The molecule has 1 heterocycles. The number of aliphatic carboxylic acids is 1. The Morgan fingerprint density at radius 3 is 2.70 bits per heavy atom. The lowest BCUT2D eigenvalue weighted by Gasteiger charge is -2.34. The Bertz CT molecular complexity index is 620. The fraction of sp³-hybridized carbons (Fsp3) is 0.500. The maximum atomic E-state index is 13.8. The SMILES string of the molecule is COc1cc(C)c(NC(=O)N2CC(C)CC(C(=O)O)C2)cc1F. The average Bonchev–Trinajstić information content (AvgIpc) is 2.49. The van der Waals surface area contributed by atoms with Gasteiger partial charge in [0.15, 0.2) is 11.6 Å². The molecule has 2 atom stereocenters. The number of rotatable bonds is 3. The van der Waals surface area contributed by atoms with Crippen molar-refractivity contribution >= 4 is 17.7 Å². The summed E-state index contributed by atoms with van der Waals surface area (Å²) in [6.07, 6.45) is 0.551. The molecule has 1 aromatic carbocycles. The highest BCUT2D eigenvalue weighted by Gasteiger charge is 2.32. The van der Waals surface area contributed by atoms with Crippen LogP contribution in [0.15, 0.2) is 12.1 Å². The number of carbonyl (C=O) groups excluding carboxylic acids is 1. The molecule has 1 aromatic rings. The first-order valence-electron chi connectivity index (χ1n) is 7.44. The second kappa shape index (κ2) is 6.85. The van der Waals surface area contributed by atoms with Crippen LogP contribution in [0.4, 0.5) is 14.9 Å². The minimum absolute atomic E-state index is 0.101. The lowest BCUT2D eigenvalue weighted by Crippen LogP contribution is -2.47. The number of nitrogens with zero attached hydrogens (tertiary/aromatic N) is 1. The van der Waals surface area contributed by atoms with E-state index in [9.17, 15) is 14.0 Å². The molecule has 23 heavy (non-hydrogen) atoms. The fourth-order valence-electron chi connectivity index (χ4n) is 2.84. The smallest absolute Gasteiger partial charge is 0.321 e. The number of ether oxygens (including phenoxy) is 1. The van der Waals surface area contributed by atoms with Crippen molar-refractivity contribution in [3.63, 3.8) is 0 Å². The quantitative estimate of drug-likeness (QED) is 0.896. The van der Waals surface area contributed by atoms with Gasteiger partial charge < -0.3 is 20.1 Å². The van der Waals surface area contributed by atoms with Gasteiger partial charge in [-0.05, 0) is 30.9 Å². The number of hydrogen-bond donors (Lipinski definition) is 2. The topological polar surface area (TPSA) is 78.9 Å². The van der Waals surface area contributed by atoms with Gasteiger partial charge in [0.25, 0.3) is 0 Å². The van der Waals surface area contributed by atoms with Crippen LogP contribution in [0.1, 0.15) is 18.9 Å². The molecule has 0 saturated carbocycles. The van der Waals surface area contributed by atoms with Gasteiger partial charge in [-0.25, -0.2) is 9.18 Å². The summed E-state index contributed by atoms with van der Waals surface area (Å²) in [5.41, 5.74) is 1.01. The molecule has 126 valence electrons. The number of aryl methyl sites for hydroxylation is 1. The van der Waals surface area contributed by atoms with E-state index in [4.69, 9.17) is 9.84 Å². The summed E-state index contributed by atoms with van der Waals surface area (Å²) in [5.74, 6) is -1.83. The van der Waals surface area contributed by atoms with Crippen molar-refractivity contribution in [2.45, 2.75) is 20.3 Å². The van der Waals surface area contributed by atoms with E-state index in [0.29, 0.717) is 24.2 Å². The molecule has 0 spiro atoms. The lowest BCUT2D eigenvalue weighted by molar-refractivity contribution is -0.143. The Morgan fingerprint density at radius 1 is 1.39 bits per heavy atom. The predicted molar refractivity (Wildman–Crippen MR) is 83.2 cm³/mol. The van der Waals surface area contributed by atoms with Gasteiger partial charge in [-0.15, -0.1) is 0 Å². The number of carboxylic acids is 1. The molecular formula is C16H21FN2O4. The highest BCUT2D eigenvalue weighted by molar-refractivity contribution is 5.90. The number of halogens is 1. The van der Waals surface area contributed by atoms with E-state index in [1.54, 1.807) is 6.92 Å². The zero-order valence-corrected chi connectivity index (χ0v) is 13.4. The summed E-state index contributed by atoms with van der Waals surface area (Å²) >= 11 is 0. The highest BCUT2D eigenvalue weighted by Crippen LogP contribution is 2.27. The summed E-state index contributed by atoms with van der Waals surface area (Å²) in [7, 11) is 1.37. The van der Waals surface area contributed by atoms with Gasteiger partial charge in [0, 0.05) is 24.8 Å². The normalized spacial score (nSPS) is 21.0. The van der Waals surface area contributed by atoms with E-state index in [1.807, 2.05) is 6.92 Å². The molecule has 2 rings (SSSR count). The second-order valence-corrected chi connectivity index (χ2v) is 6.01. The largest absolute Gasteiger partial charge is 0.494 e. The first kappa shape index (κ1) is 17.1. The summed E-state index contributed by atoms with van der Waals surface area (Å²) in [4.78, 5) is 25.0. The highest BCUT2D eigenvalue weighted by atomic mass is 19.1. The Hall–Kier alpha value is -2.31. The number of likely N-dealkylation sites (tertiary alicyclic amines) is 1. The van der Waals surface area contributed by atoms with Gasteiger partial charge in [0.05, 0.1) is 13.0 Å². The summed E-state index contributed by atoms with van der Waals surface area (Å²) in [6, 6.07) is 2.29. The molecule has 7 heteroatoms. The van der Waals surface area contributed by atoms with Crippen LogP contribution < -0.4 is 10.1 Å². The predicted octanol–water partition coefficient (Wildman–Crippen LogP) is 2.72. The molecule has 2 N–H and O–H groups in total. The summed E-state index contributed by atoms with van der Waals surface area (Å²) < 4.78 is 18.7. The Labute approximate surface area is 134 Å². The fourth-order valence-corrected chi connectivity index (χ4v) is 2.84. The van der Waals surface area contributed by atoms with Gasteiger partial charge in [0.1, 0.15) is 0 Å². The molecule has 6 nitrogen and oxygen atoms in total. The van der Waals surface area contributed by atoms with Gasteiger partial charge >= 0.3 is 12.0 Å². The number of amides is 2. The molecule has 1 fully saturated rings. The number of urea groups is 1. The Morgan fingerprint density at radius 2 is 2.09 bits per heavy atom. The maximum absolute atomic E-state index is 13.8. The number of carbonyl (C=O) groups is 2. The average molecular weight is 324 g/mol. The van der Waals surface area contributed by atoms with E-state index in [0.717, 1.165) is 0 Å². The third kappa shape index (κ3) is 3.91. The van der Waals surface area contributed by atoms with Crippen LogP contribution >= 0.6 is 0 Å². The first-order chi connectivity index (χ1) is 10.8. The minimum atomic E-state index is -0.902. The number of carboxylic acid groups (broad SMARTS) is 1. The molecule has 2 amide bonds. The molecule has 0 aromatic heterocycles. The van der Waals surface area contributed by atoms with Crippen molar-refractivity contribution in [2.24, 2.45) is 11.8 Å². The van der Waals surface area contributed by atoms with Crippen LogP contribution in [0.3, 0.4) is 0 Å². The number of hydrogen-bond acceptors (Lipinski definition) is 3. The molecule has 0 aliphatic carbocycles. The van der Waals surface area contributed by atoms with Gasteiger partial charge in [-0.1, -0.05) is 6.92 Å². The van der Waals surface area contributed by atoms with Crippen molar-refractivity contribution in [1.29, 1.82) is 0 Å². The zero-order valence-electron chi connectivity index (χ0n) is 13.4. The van der Waals surface area contributed by atoms with Crippen molar-refractivity contribution in [2.75, 3.05) is 25.5 Å². The number of anilines is 1. The van der Waals surface area contributed by atoms with Crippen LogP contribution in [-0.4, -0.2) is 42.2 Å². The van der Waals surface area contributed by atoms with Crippen molar-refractivity contribution in [3.8, 4) is 5.75 Å². The van der Waals surface area contributed by atoms with E-state index >= 15 is 0 Å². The maximum Gasteiger partial charge on any atom is 0.321 e. The first-order valence-corrected chi connectivity index (χ1v) is 7.44. The van der Waals surface area contributed by atoms with Crippen molar-refractivity contribution in [3.05, 3.63) is 23.5 Å². The van der Waals surface area contributed by atoms with E-state index in [2.05, 4.69) is 5.32 Å². The van der Waals surface area contributed by atoms with E-state index < -0.39 is 23.7 Å². The molecule has 1 saturated heterocycles. The number of methoxy groups -OCH3 is 1. The monoisotopic (exact) mass is 324 g/mol. The molecular weight excluding hydrogens is 303 g/mol. The van der Waals surface area contributed by atoms with Crippen LogP contribution in [0.5, 0.6) is 5.75 Å². The number of nitrogens with one attached hydrogen (secondary N) is 1. The third-order valence-electron chi connectivity index (χ3n) is 4.04. The van der Waals surface area contributed by atoms with Crippen LogP contribution in [0.2, 0.25) is 0 Å². The molecule has 0 bridgehead atoms. The van der Waals surface area contributed by atoms with Crippen molar-refractivity contribution < 1.29 is 23.8 Å². The Balaban J connectivity index is 2.12. The number of benzene rings is 1. The molecule has 2 unspecified atom stereocenters. The zero-order chi connectivity index (χ0) is 17.1. The van der Waals surface area contributed by atoms with Crippen LogP contribution in [0.25, 0.3) is 0 Å². The van der Waals surface area contributed by atoms with Crippen LogP contribution in [0, 0.1) is 24.6 Å². The van der Waals surface area contributed by atoms with Crippen LogP contribution in [-0.2, 0) is 4.79 Å². The van der Waals surface area contributed by atoms with Gasteiger partial charge in [0.2, 0.25) is 0 Å². The third-order valence-corrected chi connectivity index (χ3v) is 4.04. The molecule has 1 aliphatic rings. The molecule has 1 aliphatic heterocycles. The minimum Gasteiger partial charge on any atom is -0.494 e. The second-order valence-electron chi connectivity index (χ2n) is 6.01. The summed E-state index contributed by atoms with van der Waals surface area (Å²) in [6.45, 7) is 4.28. The molecule has 0 radical (unpaired) electrons. The standard InChI is InChI=1S/C16H21FN2O4/c1-9-4-11(15(20)21)8-19(7-9)16(22)18-13-6-12(17)14(23-3)5-10(13)2/h5-6,9,11H,4,7-8H2,1-3H3,(H,18,22)(H,20,21). The Kier molecular flexibility index (Phi) is 5.08. The lowest BCUT2D eigenvalue weighted by atomic mass is 9.91. The van der Waals surface area contributed by atoms with E-state index in [-0.39, 0.29) is 18.2 Å². The van der Waals surface area contributed by atoms with Gasteiger partial charge in [-0.3, -0.25) is 4.79 Å². The summed E-state index contributed by atoms with van der Waals surface area (Å²) in [5, 5.41) is 11.8. The van der Waals surface area contributed by atoms with Gasteiger partial charge in [-0.2, -0.15) is 0 Å². The number of piperidine rings is 1. The van der Waals surface area contributed by atoms with E-state index in [1.165, 1.54) is 24.1 Å².